The molecule has 1 heterocycles. The third-order valence-electron chi connectivity index (χ3n) is 4.34. The standard InChI is InChI=1S/C15H31N/c1-11(2)7-8-16-10-13(5)15(12(3)4)9-14(16)6/h11-15H,7-10H2,1-6H3/t13-,14-,15?/m0/s1. The molecular weight excluding hydrogens is 194 g/mol. The summed E-state index contributed by atoms with van der Waals surface area (Å²) in [5.74, 6) is 3.50. The van der Waals surface area contributed by atoms with E-state index in [0.717, 1.165) is 29.7 Å². The van der Waals surface area contributed by atoms with Gasteiger partial charge in [0.05, 0.1) is 0 Å². The van der Waals surface area contributed by atoms with Crippen molar-refractivity contribution in [2.45, 2.75) is 60.4 Å². The van der Waals surface area contributed by atoms with E-state index in [4.69, 9.17) is 0 Å². The first-order valence-corrected chi connectivity index (χ1v) is 7.15. The molecule has 1 unspecified atom stereocenters. The van der Waals surface area contributed by atoms with Gasteiger partial charge in [-0.15, -0.1) is 0 Å². The van der Waals surface area contributed by atoms with Crippen molar-refractivity contribution in [2.24, 2.45) is 23.7 Å². The Kier molecular flexibility index (Phi) is 5.30. The second-order valence-corrected chi connectivity index (χ2v) is 6.65. The highest BCUT2D eigenvalue weighted by Crippen LogP contribution is 2.33. The van der Waals surface area contributed by atoms with Crippen molar-refractivity contribution < 1.29 is 0 Å². The topological polar surface area (TPSA) is 3.24 Å². The Bertz CT molecular complexity index is 198. The lowest BCUT2D eigenvalue weighted by molar-refractivity contribution is 0.0541. The van der Waals surface area contributed by atoms with Crippen LogP contribution in [0.1, 0.15) is 54.4 Å². The SMILES string of the molecule is CC(C)CCN1C[C@H](C)C(C(C)C)C[C@@H]1C. The summed E-state index contributed by atoms with van der Waals surface area (Å²) in [6.45, 7) is 16.9. The van der Waals surface area contributed by atoms with E-state index in [9.17, 15) is 0 Å². The van der Waals surface area contributed by atoms with Crippen LogP contribution in [0.15, 0.2) is 0 Å². The van der Waals surface area contributed by atoms with Gasteiger partial charge in [0.2, 0.25) is 0 Å². The van der Waals surface area contributed by atoms with Crippen molar-refractivity contribution in [3.8, 4) is 0 Å². The van der Waals surface area contributed by atoms with Crippen LogP contribution in [0.3, 0.4) is 0 Å². The van der Waals surface area contributed by atoms with E-state index in [1.54, 1.807) is 0 Å². The van der Waals surface area contributed by atoms with Crippen molar-refractivity contribution in [3.63, 3.8) is 0 Å². The molecule has 1 aliphatic rings. The van der Waals surface area contributed by atoms with Crippen molar-refractivity contribution in [1.29, 1.82) is 0 Å². The number of piperidine rings is 1. The quantitative estimate of drug-likeness (QED) is 0.698. The van der Waals surface area contributed by atoms with Gasteiger partial charge in [0.15, 0.2) is 0 Å². The van der Waals surface area contributed by atoms with Gasteiger partial charge in [0.25, 0.3) is 0 Å². The van der Waals surface area contributed by atoms with Crippen LogP contribution in [0, 0.1) is 23.7 Å². The maximum Gasteiger partial charge on any atom is 0.00698 e. The van der Waals surface area contributed by atoms with Crippen molar-refractivity contribution in [1.82, 2.24) is 4.90 Å². The molecule has 96 valence electrons. The summed E-state index contributed by atoms with van der Waals surface area (Å²) in [5, 5.41) is 0. The van der Waals surface area contributed by atoms with Crippen molar-refractivity contribution in [2.75, 3.05) is 13.1 Å². The van der Waals surface area contributed by atoms with Crippen LogP contribution in [0.5, 0.6) is 0 Å². The van der Waals surface area contributed by atoms with Crippen LogP contribution in [-0.2, 0) is 0 Å². The van der Waals surface area contributed by atoms with Crippen LogP contribution >= 0.6 is 0 Å². The molecule has 16 heavy (non-hydrogen) atoms. The van der Waals surface area contributed by atoms with Gasteiger partial charge in [-0.2, -0.15) is 0 Å². The van der Waals surface area contributed by atoms with E-state index in [2.05, 4.69) is 46.4 Å². The summed E-state index contributed by atoms with van der Waals surface area (Å²) in [5.41, 5.74) is 0. The maximum atomic E-state index is 2.71. The Morgan fingerprint density at radius 2 is 1.75 bits per heavy atom. The fourth-order valence-electron chi connectivity index (χ4n) is 3.13. The summed E-state index contributed by atoms with van der Waals surface area (Å²) in [6.07, 6.45) is 2.75. The van der Waals surface area contributed by atoms with Crippen LogP contribution in [0.2, 0.25) is 0 Å². The minimum atomic E-state index is 0.794. The van der Waals surface area contributed by atoms with Crippen LogP contribution in [0.25, 0.3) is 0 Å². The van der Waals surface area contributed by atoms with Gasteiger partial charge in [-0.1, -0.05) is 34.6 Å². The lowest BCUT2D eigenvalue weighted by Gasteiger charge is -2.43. The van der Waals surface area contributed by atoms with E-state index in [0.29, 0.717) is 0 Å². The lowest BCUT2D eigenvalue weighted by atomic mass is 9.76. The zero-order chi connectivity index (χ0) is 12.3. The van der Waals surface area contributed by atoms with Crippen molar-refractivity contribution in [3.05, 3.63) is 0 Å². The molecule has 0 saturated carbocycles. The molecule has 0 aliphatic carbocycles. The number of rotatable bonds is 4. The Morgan fingerprint density at radius 3 is 2.25 bits per heavy atom. The van der Waals surface area contributed by atoms with Crippen LogP contribution in [0.4, 0.5) is 0 Å². The molecule has 1 nitrogen and oxygen atoms in total. The largest absolute Gasteiger partial charge is 0.300 e. The molecule has 0 bridgehead atoms. The number of likely N-dealkylation sites (tertiary alicyclic amines) is 1. The zero-order valence-electron chi connectivity index (χ0n) is 12.2. The fraction of sp³-hybridized carbons (Fsp3) is 1.00. The average Bonchev–Trinajstić information content (AvgIpc) is 2.18. The Hall–Kier alpha value is -0.0400. The summed E-state index contributed by atoms with van der Waals surface area (Å²) < 4.78 is 0. The monoisotopic (exact) mass is 225 g/mol. The van der Waals surface area contributed by atoms with Gasteiger partial charge in [0, 0.05) is 12.6 Å². The molecule has 0 amide bonds. The fourth-order valence-corrected chi connectivity index (χ4v) is 3.13. The first-order valence-electron chi connectivity index (χ1n) is 7.15. The summed E-state index contributed by atoms with van der Waals surface area (Å²) in [7, 11) is 0. The summed E-state index contributed by atoms with van der Waals surface area (Å²) >= 11 is 0. The van der Waals surface area contributed by atoms with Crippen LogP contribution in [-0.4, -0.2) is 24.0 Å². The molecule has 1 rings (SSSR count). The van der Waals surface area contributed by atoms with E-state index in [-0.39, 0.29) is 0 Å². The number of hydrogen-bond acceptors (Lipinski definition) is 1. The molecule has 0 aromatic carbocycles. The minimum absolute atomic E-state index is 0.794. The predicted molar refractivity (Wildman–Crippen MR) is 72.6 cm³/mol. The highest BCUT2D eigenvalue weighted by molar-refractivity contribution is 4.84. The van der Waals surface area contributed by atoms with Crippen LogP contribution < -0.4 is 0 Å². The Morgan fingerprint density at radius 1 is 1.12 bits per heavy atom. The van der Waals surface area contributed by atoms with E-state index < -0.39 is 0 Å². The van der Waals surface area contributed by atoms with Gasteiger partial charge >= 0.3 is 0 Å². The molecule has 0 spiro atoms. The highest BCUT2D eigenvalue weighted by atomic mass is 15.2. The lowest BCUT2D eigenvalue weighted by Crippen LogP contribution is -2.46. The molecular formula is C15H31N. The molecule has 0 aromatic heterocycles. The summed E-state index contributed by atoms with van der Waals surface area (Å²) in [6, 6.07) is 0.794. The molecule has 1 saturated heterocycles. The third-order valence-corrected chi connectivity index (χ3v) is 4.34. The highest BCUT2D eigenvalue weighted by Gasteiger charge is 2.32. The molecule has 1 heteroatoms. The second-order valence-electron chi connectivity index (χ2n) is 6.65. The van der Waals surface area contributed by atoms with Gasteiger partial charge < -0.3 is 4.90 Å². The predicted octanol–water partition coefficient (Wildman–Crippen LogP) is 4.04. The first kappa shape index (κ1) is 14.0. The third kappa shape index (κ3) is 3.76. The van der Waals surface area contributed by atoms with E-state index >= 15 is 0 Å². The molecule has 3 atom stereocenters. The van der Waals surface area contributed by atoms with E-state index in [1.807, 2.05) is 0 Å². The average molecular weight is 225 g/mol. The maximum absolute atomic E-state index is 2.71. The van der Waals surface area contributed by atoms with E-state index in [1.165, 1.54) is 25.9 Å². The molecule has 0 N–H and O–H groups in total. The minimum Gasteiger partial charge on any atom is -0.300 e. The summed E-state index contributed by atoms with van der Waals surface area (Å²) in [4.78, 5) is 2.71. The smallest absolute Gasteiger partial charge is 0.00698 e. The normalized spacial score (nSPS) is 32.6. The zero-order valence-corrected chi connectivity index (χ0v) is 12.2. The first-order chi connectivity index (χ1) is 7.41. The molecule has 0 aromatic rings. The molecule has 0 radical (unpaired) electrons. The van der Waals surface area contributed by atoms with Crippen molar-refractivity contribution >= 4 is 0 Å². The van der Waals surface area contributed by atoms with Gasteiger partial charge in [0.1, 0.15) is 0 Å². The van der Waals surface area contributed by atoms with Gasteiger partial charge in [-0.25, -0.2) is 0 Å². The molecule has 1 fully saturated rings. The van der Waals surface area contributed by atoms with Gasteiger partial charge in [-0.3, -0.25) is 0 Å². The Balaban J connectivity index is 2.46. The second kappa shape index (κ2) is 6.05. The number of hydrogen-bond donors (Lipinski definition) is 0. The molecule has 1 aliphatic heterocycles. The number of nitrogens with zero attached hydrogens (tertiary/aromatic N) is 1. The van der Waals surface area contributed by atoms with Gasteiger partial charge in [-0.05, 0) is 50.0 Å². The Labute approximate surface area is 103 Å².